The van der Waals surface area contributed by atoms with E-state index >= 15 is 0 Å². The van der Waals surface area contributed by atoms with Gasteiger partial charge in [0.25, 0.3) is 5.91 Å². The molecule has 0 spiro atoms. The zero-order valence-corrected chi connectivity index (χ0v) is 14.9. The maximum Gasteiger partial charge on any atom is 0.260 e. The molecule has 22 heavy (non-hydrogen) atoms. The molecule has 2 rings (SSSR count). The molecule has 7 heteroatoms. The molecule has 124 valence electrons. The lowest BCUT2D eigenvalue weighted by atomic mass is 10.0. The van der Waals surface area contributed by atoms with E-state index in [2.05, 4.69) is 17.6 Å². The zero-order valence-electron chi connectivity index (χ0n) is 12.6. The number of benzene rings is 1. The smallest absolute Gasteiger partial charge is 0.260 e. The van der Waals surface area contributed by atoms with Crippen LogP contribution in [-0.4, -0.2) is 30.6 Å². The summed E-state index contributed by atoms with van der Waals surface area (Å²) >= 11 is 11.8. The highest BCUT2D eigenvalue weighted by Crippen LogP contribution is 2.25. The molecule has 0 bridgehead atoms. The lowest BCUT2D eigenvalue weighted by Gasteiger charge is -2.29. The highest BCUT2D eigenvalue weighted by atomic mass is 35.5. The Morgan fingerprint density at radius 2 is 2.00 bits per heavy atom. The SMILES string of the molecule is CC1CC(NC(=O)C(C)Oc2cc(Cl)cc(Cl)c2)CCN1.Cl. The number of ether oxygens (including phenoxy) is 1. The first kappa shape index (κ1) is 19.4. The number of carbonyl (C=O) groups excluding carboxylic acids is 1. The maximum absolute atomic E-state index is 12.2. The number of amides is 1. The molecule has 1 aliphatic rings. The van der Waals surface area contributed by atoms with Crippen LogP contribution in [0.4, 0.5) is 0 Å². The van der Waals surface area contributed by atoms with Crippen molar-refractivity contribution < 1.29 is 9.53 Å². The van der Waals surface area contributed by atoms with Crippen LogP contribution in [0.1, 0.15) is 26.7 Å². The fraction of sp³-hybridized carbons (Fsp3) is 0.533. The van der Waals surface area contributed by atoms with Crippen LogP contribution >= 0.6 is 35.6 Å². The first-order valence-electron chi connectivity index (χ1n) is 7.10. The number of nitrogens with one attached hydrogen (secondary N) is 2. The van der Waals surface area contributed by atoms with E-state index in [0.717, 1.165) is 19.4 Å². The van der Waals surface area contributed by atoms with E-state index < -0.39 is 6.10 Å². The van der Waals surface area contributed by atoms with Gasteiger partial charge < -0.3 is 15.4 Å². The Balaban J connectivity index is 0.00000242. The van der Waals surface area contributed by atoms with Crippen molar-refractivity contribution in [2.45, 2.75) is 44.9 Å². The molecule has 3 unspecified atom stereocenters. The van der Waals surface area contributed by atoms with E-state index in [-0.39, 0.29) is 24.4 Å². The summed E-state index contributed by atoms with van der Waals surface area (Å²) in [4.78, 5) is 12.2. The monoisotopic (exact) mass is 366 g/mol. The van der Waals surface area contributed by atoms with Gasteiger partial charge in [0.15, 0.2) is 6.10 Å². The lowest BCUT2D eigenvalue weighted by Crippen LogP contribution is -2.49. The molecule has 4 nitrogen and oxygen atoms in total. The minimum atomic E-state index is -0.593. The second kappa shape index (κ2) is 8.82. The van der Waals surface area contributed by atoms with Gasteiger partial charge in [-0.2, -0.15) is 0 Å². The van der Waals surface area contributed by atoms with Gasteiger partial charge in [-0.05, 0) is 51.4 Å². The van der Waals surface area contributed by atoms with Crippen LogP contribution in [-0.2, 0) is 4.79 Å². The van der Waals surface area contributed by atoms with E-state index in [1.165, 1.54) is 0 Å². The fourth-order valence-electron chi connectivity index (χ4n) is 2.44. The van der Waals surface area contributed by atoms with Gasteiger partial charge in [-0.25, -0.2) is 0 Å². The molecule has 1 aromatic rings. The van der Waals surface area contributed by atoms with Crippen LogP contribution in [0.15, 0.2) is 18.2 Å². The predicted molar refractivity (Wildman–Crippen MR) is 92.4 cm³/mol. The van der Waals surface area contributed by atoms with Crippen LogP contribution in [0.25, 0.3) is 0 Å². The quantitative estimate of drug-likeness (QED) is 0.857. The van der Waals surface area contributed by atoms with Crippen molar-refractivity contribution in [3.63, 3.8) is 0 Å². The van der Waals surface area contributed by atoms with Crippen LogP contribution in [0.3, 0.4) is 0 Å². The molecule has 3 atom stereocenters. The van der Waals surface area contributed by atoms with Crippen molar-refractivity contribution in [3.8, 4) is 5.75 Å². The molecule has 1 amide bonds. The van der Waals surface area contributed by atoms with Crippen LogP contribution < -0.4 is 15.4 Å². The first-order valence-corrected chi connectivity index (χ1v) is 7.86. The van der Waals surface area contributed by atoms with Gasteiger partial charge in [0, 0.05) is 22.1 Å². The molecular formula is C15H21Cl3N2O2. The molecule has 1 aliphatic heterocycles. The maximum atomic E-state index is 12.2. The van der Waals surface area contributed by atoms with Gasteiger partial charge in [-0.15, -0.1) is 12.4 Å². The number of hydrogen-bond donors (Lipinski definition) is 2. The summed E-state index contributed by atoms with van der Waals surface area (Å²) in [7, 11) is 0. The molecule has 0 radical (unpaired) electrons. The summed E-state index contributed by atoms with van der Waals surface area (Å²) in [5.41, 5.74) is 0. The Hall–Kier alpha value is -0.680. The summed E-state index contributed by atoms with van der Waals surface area (Å²) in [5, 5.41) is 7.35. The van der Waals surface area contributed by atoms with Gasteiger partial charge in [0.1, 0.15) is 5.75 Å². The Kier molecular flexibility index (Phi) is 7.77. The van der Waals surface area contributed by atoms with Crippen molar-refractivity contribution in [3.05, 3.63) is 28.2 Å². The molecule has 1 saturated heterocycles. The average molecular weight is 368 g/mol. The van der Waals surface area contributed by atoms with Crippen molar-refractivity contribution in [1.82, 2.24) is 10.6 Å². The summed E-state index contributed by atoms with van der Waals surface area (Å²) < 4.78 is 5.61. The molecule has 0 saturated carbocycles. The summed E-state index contributed by atoms with van der Waals surface area (Å²) in [6, 6.07) is 5.53. The standard InChI is InChI=1S/C15H20Cl2N2O2.ClH/c1-9-5-13(3-4-18-9)19-15(20)10(2)21-14-7-11(16)6-12(17)8-14;/h6-10,13,18H,3-5H2,1-2H3,(H,19,20);1H. The van der Waals surface area contributed by atoms with Gasteiger partial charge in [0.05, 0.1) is 0 Å². The van der Waals surface area contributed by atoms with Gasteiger partial charge in [-0.1, -0.05) is 23.2 Å². The van der Waals surface area contributed by atoms with Gasteiger partial charge in [0.2, 0.25) is 0 Å². The largest absolute Gasteiger partial charge is 0.481 e. The third kappa shape index (κ3) is 5.84. The third-order valence-corrected chi connectivity index (χ3v) is 3.92. The Labute approximate surface area is 147 Å². The summed E-state index contributed by atoms with van der Waals surface area (Å²) in [6.07, 6.45) is 1.28. The number of rotatable bonds is 4. The average Bonchev–Trinajstić information content (AvgIpc) is 2.37. The molecule has 0 aromatic heterocycles. The highest BCUT2D eigenvalue weighted by molar-refractivity contribution is 6.34. The molecular weight excluding hydrogens is 347 g/mol. The van der Waals surface area contributed by atoms with Crippen LogP contribution in [0.2, 0.25) is 10.0 Å². The van der Waals surface area contributed by atoms with Gasteiger partial charge >= 0.3 is 0 Å². The number of piperidine rings is 1. The van der Waals surface area contributed by atoms with E-state index in [1.54, 1.807) is 25.1 Å². The van der Waals surface area contributed by atoms with Crippen LogP contribution in [0.5, 0.6) is 5.75 Å². The first-order chi connectivity index (χ1) is 9.94. The summed E-state index contributed by atoms with van der Waals surface area (Å²) in [6.45, 7) is 4.76. The minimum absolute atomic E-state index is 0. The Bertz CT molecular complexity index is 493. The minimum Gasteiger partial charge on any atom is -0.481 e. The second-order valence-electron chi connectivity index (χ2n) is 5.45. The highest BCUT2D eigenvalue weighted by Gasteiger charge is 2.23. The Morgan fingerprint density at radius 3 is 2.59 bits per heavy atom. The van der Waals surface area contributed by atoms with Gasteiger partial charge in [-0.3, -0.25) is 4.79 Å². The number of carbonyl (C=O) groups is 1. The molecule has 0 aliphatic carbocycles. The zero-order chi connectivity index (χ0) is 15.4. The Morgan fingerprint density at radius 1 is 1.36 bits per heavy atom. The topological polar surface area (TPSA) is 50.4 Å². The molecule has 2 N–H and O–H groups in total. The van der Waals surface area contributed by atoms with Crippen molar-refractivity contribution in [1.29, 1.82) is 0 Å². The summed E-state index contributed by atoms with van der Waals surface area (Å²) in [5.74, 6) is 0.374. The van der Waals surface area contributed by atoms with Crippen molar-refractivity contribution in [2.24, 2.45) is 0 Å². The third-order valence-electron chi connectivity index (χ3n) is 3.49. The molecule has 1 aromatic carbocycles. The lowest BCUT2D eigenvalue weighted by molar-refractivity contribution is -0.128. The molecule has 1 heterocycles. The number of halogens is 3. The normalized spacial score (nSPS) is 22.4. The number of hydrogen-bond acceptors (Lipinski definition) is 3. The van der Waals surface area contributed by atoms with E-state index in [0.29, 0.717) is 21.8 Å². The van der Waals surface area contributed by atoms with E-state index in [1.807, 2.05) is 0 Å². The fourth-order valence-corrected chi connectivity index (χ4v) is 2.94. The van der Waals surface area contributed by atoms with Crippen LogP contribution in [0, 0.1) is 0 Å². The second-order valence-corrected chi connectivity index (χ2v) is 6.32. The van der Waals surface area contributed by atoms with Crippen molar-refractivity contribution >= 4 is 41.5 Å². The predicted octanol–water partition coefficient (Wildman–Crippen LogP) is 3.44. The molecule has 1 fully saturated rings. The van der Waals surface area contributed by atoms with Crippen molar-refractivity contribution in [2.75, 3.05) is 6.54 Å². The van der Waals surface area contributed by atoms with E-state index in [9.17, 15) is 4.79 Å². The van der Waals surface area contributed by atoms with E-state index in [4.69, 9.17) is 27.9 Å².